The second-order valence-electron chi connectivity index (χ2n) is 6.50. The van der Waals surface area contributed by atoms with Crippen molar-refractivity contribution in [3.8, 4) is 0 Å². The van der Waals surface area contributed by atoms with E-state index >= 15 is 0 Å². The lowest BCUT2D eigenvalue weighted by atomic mass is 9.91. The van der Waals surface area contributed by atoms with Crippen molar-refractivity contribution >= 4 is 43.1 Å². The van der Waals surface area contributed by atoms with Crippen molar-refractivity contribution in [2.24, 2.45) is 0 Å². The zero-order chi connectivity index (χ0) is 18.4. The molecule has 0 amide bonds. The largest absolute Gasteiger partial charge is 0.372 e. The molecular weight excluding hydrogens is 372 g/mol. The van der Waals surface area contributed by atoms with Gasteiger partial charge in [-0.3, -0.25) is 0 Å². The van der Waals surface area contributed by atoms with Crippen LogP contribution in [0.2, 0.25) is 0 Å². The van der Waals surface area contributed by atoms with E-state index in [9.17, 15) is 5.11 Å². The van der Waals surface area contributed by atoms with Gasteiger partial charge in [0.05, 0.1) is 20.4 Å². The Hall–Kier alpha value is -2.60. The van der Waals surface area contributed by atoms with Gasteiger partial charge in [-0.05, 0) is 36.8 Å². The van der Waals surface area contributed by atoms with Crippen LogP contribution in [0.5, 0.6) is 0 Å². The van der Waals surface area contributed by atoms with Gasteiger partial charge in [-0.2, -0.15) is 0 Å². The number of hydrogen-bond donors (Lipinski definition) is 1. The monoisotopic (exact) mass is 388 g/mol. The van der Waals surface area contributed by atoms with E-state index in [0.29, 0.717) is 10.0 Å². The lowest BCUT2D eigenvalue weighted by Crippen LogP contribution is -2.29. The third kappa shape index (κ3) is 2.58. The molecule has 5 heteroatoms. The van der Waals surface area contributed by atoms with Crippen LogP contribution in [0.15, 0.2) is 72.8 Å². The van der Waals surface area contributed by atoms with E-state index in [-0.39, 0.29) is 0 Å². The number of benzene rings is 3. The van der Waals surface area contributed by atoms with Crippen LogP contribution in [0.25, 0.3) is 20.4 Å². The summed E-state index contributed by atoms with van der Waals surface area (Å²) >= 11 is 3.04. The van der Waals surface area contributed by atoms with Gasteiger partial charge in [0.1, 0.15) is 10.0 Å². The van der Waals surface area contributed by atoms with Crippen LogP contribution >= 0.6 is 22.7 Å². The Morgan fingerprint density at radius 1 is 0.704 bits per heavy atom. The van der Waals surface area contributed by atoms with Crippen molar-refractivity contribution < 1.29 is 5.11 Å². The van der Waals surface area contributed by atoms with Crippen LogP contribution in [0.3, 0.4) is 0 Å². The lowest BCUT2D eigenvalue weighted by molar-refractivity contribution is 0.124. The zero-order valence-corrected chi connectivity index (χ0v) is 16.2. The standard InChI is InChI=1S/C22H16N2OS2/c1-14-8-2-3-9-15(14)22(25,20-23-16-10-4-6-12-18(16)26-20)21-24-17-11-5-7-13-19(17)27-21/h2-13,25H,1H3. The first kappa shape index (κ1) is 16.6. The summed E-state index contributed by atoms with van der Waals surface area (Å²) in [6.07, 6.45) is 0. The van der Waals surface area contributed by atoms with Crippen LogP contribution in [-0.2, 0) is 5.60 Å². The molecule has 3 nitrogen and oxygen atoms in total. The molecule has 0 aliphatic rings. The Bertz CT molecular complexity index is 1130. The minimum absolute atomic E-state index is 0.650. The van der Waals surface area contributed by atoms with Crippen LogP contribution in [0.1, 0.15) is 21.1 Å². The Balaban J connectivity index is 1.83. The maximum Gasteiger partial charge on any atom is 0.193 e. The van der Waals surface area contributed by atoms with E-state index in [2.05, 4.69) is 0 Å². The van der Waals surface area contributed by atoms with Crippen molar-refractivity contribution in [3.63, 3.8) is 0 Å². The van der Waals surface area contributed by atoms with Crippen LogP contribution in [0.4, 0.5) is 0 Å². The molecule has 0 saturated carbocycles. The second kappa shape index (κ2) is 6.23. The first-order chi connectivity index (χ1) is 13.2. The van der Waals surface area contributed by atoms with Crippen LogP contribution in [0, 0.1) is 6.92 Å². The molecule has 0 saturated heterocycles. The molecule has 5 rings (SSSR count). The summed E-state index contributed by atoms with van der Waals surface area (Å²) in [5.41, 5.74) is 2.25. The van der Waals surface area contributed by atoms with Gasteiger partial charge in [0.2, 0.25) is 0 Å². The molecule has 0 bridgehead atoms. The van der Waals surface area contributed by atoms with E-state index in [1.165, 1.54) is 22.7 Å². The van der Waals surface area contributed by atoms with Gasteiger partial charge in [0.25, 0.3) is 0 Å². The SMILES string of the molecule is Cc1ccccc1C(O)(c1nc2ccccc2s1)c1nc2ccccc2s1. The van der Waals surface area contributed by atoms with Gasteiger partial charge in [-0.15, -0.1) is 22.7 Å². The van der Waals surface area contributed by atoms with Crippen molar-refractivity contribution in [1.82, 2.24) is 9.97 Å². The number of aryl methyl sites for hydroxylation is 1. The summed E-state index contributed by atoms with van der Waals surface area (Å²) in [6.45, 7) is 2.01. The van der Waals surface area contributed by atoms with E-state index in [4.69, 9.17) is 9.97 Å². The number of nitrogens with zero attached hydrogens (tertiary/aromatic N) is 2. The molecule has 5 aromatic rings. The highest BCUT2D eigenvalue weighted by Crippen LogP contribution is 2.43. The maximum absolute atomic E-state index is 12.1. The molecular formula is C22H16N2OS2. The summed E-state index contributed by atoms with van der Waals surface area (Å²) in [7, 11) is 0. The normalized spacial score (nSPS) is 12.1. The van der Waals surface area contributed by atoms with Crippen LogP contribution < -0.4 is 0 Å². The Morgan fingerprint density at radius 3 is 1.70 bits per heavy atom. The van der Waals surface area contributed by atoms with E-state index < -0.39 is 5.60 Å². The van der Waals surface area contributed by atoms with Gasteiger partial charge in [0.15, 0.2) is 5.60 Å². The fourth-order valence-corrected chi connectivity index (χ4v) is 5.56. The molecule has 0 fully saturated rings. The molecule has 27 heavy (non-hydrogen) atoms. The number of fused-ring (bicyclic) bond motifs is 2. The average molecular weight is 389 g/mol. The number of para-hydroxylation sites is 2. The Morgan fingerprint density at radius 2 is 1.19 bits per heavy atom. The minimum Gasteiger partial charge on any atom is -0.372 e. The van der Waals surface area contributed by atoms with Crippen molar-refractivity contribution in [1.29, 1.82) is 0 Å². The summed E-state index contributed by atoms with van der Waals surface area (Å²) in [5, 5.41) is 13.4. The zero-order valence-electron chi connectivity index (χ0n) is 14.6. The van der Waals surface area contributed by atoms with Gasteiger partial charge < -0.3 is 5.11 Å². The molecule has 1 N–H and O–H groups in total. The third-order valence-corrected chi connectivity index (χ3v) is 7.03. The maximum atomic E-state index is 12.1. The van der Waals surface area contributed by atoms with Gasteiger partial charge in [0, 0.05) is 5.56 Å². The molecule has 3 aromatic carbocycles. The predicted molar refractivity (Wildman–Crippen MR) is 113 cm³/mol. The molecule has 0 atom stereocenters. The molecule has 2 aromatic heterocycles. The lowest BCUT2D eigenvalue weighted by Gasteiger charge is -2.25. The summed E-state index contributed by atoms with van der Waals surface area (Å²) in [4.78, 5) is 9.57. The Labute approximate surface area is 164 Å². The highest BCUT2D eigenvalue weighted by Gasteiger charge is 2.41. The highest BCUT2D eigenvalue weighted by molar-refractivity contribution is 7.20. The van der Waals surface area contributed by atoms with E-state index in [1.54, 1.807) is 0 Å². The fourth-order valence-electron chi connectivity index (χ4n) is 3.35. The Kier molecular flexibility index (Phi) is 3.82. The molecule has 132 valence electrons. The summed E-state index contributed by atoms with van der Waals surface area (Å²) < 4.78 is 2.11. The summed E-state index contributed by atoms with van der Waals surface area (Å²) in [6, 6.07) is 23.9. The van der Waals surface area contributed by atoms with Crippen molar-refractivity contribution in [2.75, 3.05) is 0 Å². The number of aromatic nitrogens is 2. The summed E-state index contributed by atoms with van der Waals surface area (Å²) in [5.74, 6) is 0. The number of hydrogen-bond acceptors (Lipinski definition) is 5. The smallest absolute Gasteiger partial charge is 0.193 e. The number of rotatable bonds is 3. The molecule has 2 heterocycles. The van der Waals surface area contributed by atoms with E-state index in [1.807, 2.05) is 79.7 Å². The number of aliphatic hydroxyl groups is 1. The topological polar surface area (TPSA) is 46.0 Å². The highest BCUT2D eigenvalue weighted by atomic mass is 32.1. The first-order valence-corrected chi connectivity index (χ1v) is 10.3. The minimum atomic E-state index is -1.38. The average Bonchev–Trinajstić information content (AvgIpc) is 3.32. The molecule has 0 aliphatic heterocycles. The predicted octanol–water partition coefficient (Wildman–Crippen LogP) is 5.50. The second-order valence-corrected chi connectivity index (χ2v) is 8.56. The molecule has 0 unspecified atom stereocenters. The quantitative estimate of drug-likeness (QED) is 0.444. The van der Waals surface area contributed by atoms with Crippen molar-refractivity contribution in [3.05, 3.63) is 93.9 Å². The third-order valence-electron chi connectivity index (χ3n) is 4.74. The van der Waals surface area contributed by atoms with Crippen molar-refractivity contribution in [2.45, 2.75) is 12.5 Å². The van der Waals surface area contributed by atoms with E-state index in [0.717, 1.165) is 31.6 Å². The van der Waals surface area contributed by atoms with Gasteiger partial charge >= 0.3 is 0 Å². The van der Waals surface area contributed by atoms with Crippen LogP contribution in [-0.4, -0.2) is 15.1 Å². The fraction of sp³-hybridized carbons (Fsp3) is 0.0909. The first-order valence-electron chi connectivity index (χ1n) is 8.67. The molecule has 0 aliphatic carbocycles. The molecule has 0 spiro atoms. The van der Waals surface area contributed by atoms with Gasteiger partial charge in [-0.25, -0.2) is 9.97 Å². The van der Waals surface area contributed by atoms with Gasteiger partial charge in [-0.1, -0.05) is 48.5 Å². The molecule has 0 radical (unpaired) electrons. The number of thiazole rings is 2.